The molecule has 1 aromatic heterocycles. The Morgan fingerprint density at radius 2 is 2.09 bits per heavy atom. The van der Waals surface area contributed by atoms with Crippen molar-refractivity contribution in [3.05, 3.63) is 54.2 Å². The van der Waals surface area contributed by atoms with E-state index in [9.17, 15) is 9.59 Å². The summed E-state index contributed by atoms with van der Waals surface area (Å²) in [4.78, 5) is 41.0. The normalized spacial score (nSPS) is 16.4. The Bertz CT molecular complexity index is 1040. The van der Waals surface area contributed by atoms with Gasteiger partial charge in [0, 0.05) is 43.8 Å². The van der Waals surface area contributed by atoms with Gasteiger partial charge in [-0.1, -0.05) is 6.07 Å². The number of carbonyl (C=O) groups excluding carboxylic acids is 2. The van der Waals surface area contributed by atoms with E-state index in [2.05, 4.69) is 15.0 Å². The highest BCUT2D eigenvalue weighted by atomic mass is 16.6. The molecule has 0 aliphatic carbocycles. The van der Waals surface area contributed by atoms with Crippen LogP contribution in [-0.2, 0) is 16.1 Å². The van der Waals surface area contributed by atoms with Crippen LogP contribution in [0.25, 0.3) is 5.57 Å². The summed E-state index contributed by atoms with van der Waals surface area (Å²) in [5.41, 5.74) is 9.26. The summed E-state index contributed by atoms with van der Waals surface area (Å²) in [5.74, 6) is -0.0940. The van der Waals surface area contributed by atoms with E-state index in [1.54, 1.807) is 48.5 Å². The number of aromatic nitrogens is 2. The number of aliphatic imine (C=N–C) groups is 1. The molecule has 9 heteroatoms. The SMILES string of the molecule is CC(=O)N1c2ccc(C(C=NCc3cnccn3)=CN)cc2N(C(=O)OC(C)C)C[C@@H]1C. The van der Waals surface area contributed by atoms with Crippen molar-refractivity contribution in [1.29, 1.82) is 0 Å². The lowest BCUT2D eigenvalue weighted by Gasteiger charge is -2.40. The fraction of sp³-hybridized carbons (Fsp3) is 0.348. The quantitative estimate of drug-likeness (QED) is 0.720. The van der Waals surface area contributed by atoms with Gasteiger partial charge >= 0.3 is 6.09 Å². The van der Waals surface area contributed by atoms with Gasteiger partial charge in [-0.15, -0.1) is 0 Å². The van der Waals surface area contributed by atoms with Gasteiger partial charge in [-0.2, -0.15) is 0 Å². The molecule has 0 radical (unpaired) electrons. The molecule has 2 aromatic rings. The molecule has 168 valence electrons. The number of carbonyl (C=O) groups is 2. The van der Waals surface area contributed by atoms with Crippen molar-refractivity contribution in [3.63, 3.8) is 0 Å². The van der Waals surface area contributed by atoms with E-state index >= 15 is 0 Å². The van der Waals surface area contributed by atoms with Crippen molar-refractivity contribution >= 4 is 35.2 Å². The zero-order valence-electron chi connectivity index (χ0n) is 18.7. The molecule has 1 aliphatic heterocycles. The number of fused-ring (bicyclic) bond motifs is 1. The van der Waals surface area contributed by atoms with E-state index in [1.807, 2.05) is 25.1 Å². The largest absolute Gasteiger partial charge is 0.446 e. The second-order valence-electron chi connectivity index (χ2n) is 7.77. The molecule has 0 spiro atoms. The molecule has 2 N–H and O–H groups in total. The Morgan fingerprint density at radius 3 is 2.72 bits per heavy atom. The van der Waals surface area contributed by atoms with Crippen LogP contribution >= 0.6 is 0 Å². The van der Waals surface area contributed by atoms with E-state index in [0.29, 0.717) is 30.0 Å². The van der Waals surface area contributed by atoms with Gasteiger partial charge in [-0.3, -0.25) is 24.7 Å². The highest BCUT2D eigenvalue weighted by molar-refractivity contribution is 6.11. The first-order valence-electron chi connectivity index (χ1n) is 10.4. The third-order valence-electron chi connectivity index (χ3n) is 4.92. The number of nitrogens with zero attached hydrogens (tertiary/aromatic N) is 5. The third-order valence-corrected chi connectivity index (χ3v) is 4.92. The number of nitrogens with two attached hydrogens (primary N) is 1. The van der Waals surface area contributed by atoms with Crippen LogP contribution in [0.1, 0.15) is 39.0 Å². The van der Waals surface area contributed by atoms with Crippen molar-refractivity contribution in [2.45, 2.75) is 46.4 Å². The van der Waals surface area contributed by atoms with Crippen LogP contribution in [0, 0.1) is 0 Å². The van der Waals surface area contributed by atoms with Crippen molar-refractivity contribution in [3.8, 4) is 0 Å². The minimum Gasteiger partial charge on any atom is -0.446 e. The number of allylic oxidation sites excluding steroid dienone is 1. The molecule has 9 nitrogen and oxygen atoms in total. The van der Waals surface area contributed by atoms with E-state index < -0.39 is 6.09 Å². The van der Waals surface area contributed by atoms with Crippen LogP contribution in [0.3, 0.4) is 0 Å². The van der Waals surface area contributed by atoms with Crippen LogP contribution in [0.4, 0.5) is 16.2 Å². The lowest BCUT2D eigenvalue weighted by molar-refractivity contribution is -0.117. The smallest absolute Gasteiger partial charge is 0.414 e. The van der Waals surface area contributed by atoms with Crippen LogP contribution in [0.2, 0.25) is 0 Å². The van der Waals surface area contributed by atoms with Gasteiger partial charge in [0.2, 0.25) is 5.91 Å². The number of hydrogen-bond donors (Lipinski definition) is 1. The lowest BCUT2D eigenvalue weighted by Crippen LogP contribution is -2.51. The number of ether oxygens (including phenoxy) is 1. The molecule has 2 amide bonds. The van der Waals surface area contributed by atoms with Crippen molar-refractivity contribution in [2.24, 2.45) is 10.7 Å². The van der Waals surface area contributed by atoms with Gasteiger partial charge in [0.25, 0.3) is 0 Å². The molecule has 32 heavy (non-hydrogen) atoms. The molecule has 0 fully saturated rings. The zero-order chi connectivity index (χ0) is 23.3. The fourth-order valence-electron chi connectivity index (χ4n) is 3.59. The first-order chi connectivity index (χ1) is 15.3. The van der Waals surface area contributed by atoms with Crippen molar-refractivity contribution in [1.82, 2.24) is 9.97 Å². The molecule has 0 bridgehead atoms. The van der Waals surface area contributed by atoms with E-state index in [4.69, 9.17) is 10.5 Å². The Hall–Kier alpha value is -3.75. The van der Waals surface area contributed by atoms with Crippen LogP contribution in [-0.4, -0.2) is 46.9 Å². The molecule has 2 heterocycles. The van der Waals surface area contributed by atoms with Crippen molar-refractivity contribution < 1.29 is 14.3 Å². The Morgan fingerprint density at radius 1 is 1.31 bits per heavy atom. The average Bonchev–Trinajstić information content (AvgIpc) is 2.76. The van der Waals surface area contributed by atoms with Gasteiger partial charge in [-0.05, 0) is 38.5 Å². The molecule has 1 aromatic carbocycles. The summed E-state index contributed by atoms with van der Waals surface area (Å²) in [7, 11) is 0. The van der Waals surface area contributed by atoms with Gasteiger partial charge < -0.3 is 15.4 Å². The Labute approximate surface area is 187 Å². The van der Waals surface area contributed by atoms with E-state index in [1.165, 1.54) is 13.1 Å². The number of rotatable bonds is 5. The van der Waals surface area contributed by atoms with E-state index in [-0.39, 0.29) is 18.1 Å². The summed E-state index contributed by atoms with van der Waals surface area (Å²) in [5, 5.41) is 0. The summed E-state index contributed by atoms with van der Waals surface area (Å²) in [6.45, 7) is 7.70. The predicted octanol–water partition coefficient (Wildman–Crippen LogP) is 3.15. The number of hydrogen-bond acceptors (Lipinski definition) is 7. The maximum absolute atomic E-state index is 12.8. The number of anilines is 2. The highest BCUT2D eigenvalue weighted by Gasteiger charge is 2.34. The molecular formula is C23H28N6O3. The van der Waals surface area contributed by atoms with Gasteiger partial charge in [0.05, 0.1) is 42.0 Å². The van der Waals surface area contributed by atoms with E-state index in [0.717, 1.165) is 11.3 Å². The molecule has 0 saturated heterocycles. The summed E-state index contributed by atoms with van der Waals surface area (Å²) in [6, 6.07) is 5.30. The molecule has 0 saturated carbocycles. The molecule has 3 rings (SSSR count). The number of benzene rings is 1. The third kappa shape index (κ3) is 5.11. The Balaban J connectivity index is 1.95. The fourth-order valence-corrected chi connectivity index (χ4v) is 3.59. The first kappa shape index (κ1) is 22.9. The Kier molecular flexibility index (Phi) is 7.19. The molecule has 1 aliphatic rings. The van der Waals surface area contributed by atoms with Gasteiger partial charge in [0.1, 0.15) is 0 Å². The average molecular weight is 437 g/mol. The highest BCUT2D eigenvalue weighted by Crippen LogP contribution is 2.38. The second-order valence-corrected chi connectivity index (χ2v) is 7.77. The first-order valence-corrected chi connectivity index (χ1v) is 10.4. The second kappa shape index (κ2) is 10.0. The van der Waals surface area contributed by atoms with Crippen molar-refractivity contribution in [2.75, 3.05) is 16.3 Å². The maximum atomic E-state index is 12.8. The maximum Gasteiger partial charge on any atom is 0.414 e. The monoisotopic (exact) mass is 436 g/mol. The minimum atomic E-state index is -0.456. The molecule has 1 atom stereocenters. The number of amides is 2. The van der Waals surface area contributed by atoms with Crippen LogP contribution < -0.4 is 15.5 Å². The minimum absolute atomic E-state index is 0.0940. The topological polar surface area (TPSA) is 114 Å². The predicted molar refractivity (Wildman–Crippen MR) is 124 cm³/mol. The summed E-state index contributed by atoms with van der Waals surface area (Å²) in [6.07, 6.45) is 7.26. The standard InChI is InChI=1S/C23H28N6O3/c1-15(2)32-23(31)28-14-16(3)29(17(4)30)21-6-5-18(9-22(21)28)19(10-24)11-26-13-20-12-25-7-8-27-20/h5-12,15-16H,13-14,24H2,1-4H3/t16-/m0/s1. The summed E-state index contributed by atoms with van der Waals surface area (Å²) >= 11 is 0. The van der Waals surface area contributed by atoms with Gasteiger partial charge in [0.15, 0.2) is 0 Å². The van der Waals surface area contributed by atoms with Crippen LogP contribution in [0.5, 0.6) is 0 Å². The summed E-state index contributed by atoms with van der Waals surface area (Å²) < 4.78 is 5.44. The zero-order valence-corrected chi connectivity index (χ0v) is 18.7. The molecular weight excluding hydrogens is 408 g/mol. The van der Waals surface area contributed by atoms with Gasteiger partial charge in [-0.25, -0.2) is 4.79 Å². The molecule has 0 unspecified atom stereocenters. The van der Waals surface area contributed by atoms with Crippen LogP contribution in [0.15, 0.2) is 48.0 Å². The lowest BCUT2D eigenvalue weighted by atomic mass is 10.0.